The maximum absolute atomic E-state index is 13.7. The molecule has 3 N–H and O–H groups in total. The molecule has 10 heteroatoms. The molecule has 1 aliphatic heterocycles. The summed E-state index contributed by atoms with van der Waals surface area (Å²) in [6.45, 7) is 1.73. The maximum Gasteiger partial charge on any atom is 0.254 e. The minimum atomic E-state index is -0.790. The molecule has 0 spiro atoms. The van der Waals surface area contributed by atoms with Crippen molar-refractivity contribution in [2.24, 2.45) is 0 Å². The number of carbonyl (C=O) groups is 2. The van der Waals surface area contributed by atoms with E-state index in [1.165, 1.54) is 31.4 Å². The number of para-hydroxylation sites is 2. The van der Waals surface area contributed by atoms with Gasteiger partial charge in [0.05, 0.1) is 41.1 Å². The molecule has 198 valence electrons. The molecule has 0 bridgehead atoms. The van der Waals surface area contributed by atoms with E-state index in [9.17, 15) is 19.2 Å². The van der Waals surface area contributed by atoms with Gasteiger partial charge in [-0.05, 0) is 55.0 Å². The van der Waals surface area contributed by atoms with Crippen molar-refractivity contribution < 1.29 is 18.7 Å². The average molecular weight is 563 g/mol. The van der Waals surface area contributed by atoms with E-state index in [-0.39, 0.29) is 17.2 Å². The summed E-state index contributed by atoms with van der Waals surface area (Å²) in [5.74, 6) is -1.51. The number of amides is 2. The third-order valence-electron chi connectivity index (χ3n) is 5.94. The zero-order valence-corrected chi connectivity index (χ0v) is 22.6. The Hall–Kier alpha value is -4.26. The molecule has 39 heavy (non-hydrogen) atoms. The second-order valence-corrected chi connectivity index (χ2v) is 9.86. The van der Waals surface area contributed by atoms with Gasteiger partial charge < -0.3 is 20.7 Å². The van der Waals surface area contributed by atoms with E-state index in [1.54, 1.807) is 55.5 Å². The molecule has 0 fully saturated rings. The van der Waals surface area contributed by atoms with Crippen molar-refractivity contribution in [3.05, 3.63) is 111 Å². The molecule has 0 radical (unpaired) electrons. The fourth-order valence-corrected chi connectivity index (χ4v) is 5.29. The highest BCUT2D eigenvalue weighted by atomic mass is 35.5. The SMILES string of the molecule is COc1ccccc1NC(=O)C1=C(C)NC(SCC(=O)Nc2ccc(F)cc2)=C(C#N)[C@H]1c1ccccc1Cl. The third-order valence-corrected chi connectivity index (χ3v) is 7.30. The molecule has 2 amide bonds. The van der Waals surface area contributed by atoms with Crippen LogP contribution in [0.15, 0.2) is 94.7 Å². The van der Waals surface area contributed by atoms with Gasteiger partial charge in [0.1, 0.15) is 11.6 Å². The average Bonchev–Trinajstić information content (AvgIpc) is 2.93. The van der Waals surface area contributed by atoms with Gasteiger partial charge in [0.15, 0.2) is 0 Å². The molecule has 0 aliphatic carbocycles. The maximum atomic E-state index is 13.7. The zero-order chi connectivity index (χ0) is 27.9. The van der Waals surface area contributed by atoms with Crippen LogP contribution in [0.2, 0.25) is 5.02 Å². The fraction of sp³-hybridized carbons (Fsp3) is 0.138. The van der Waals surface area contributed by atoms with Crippen molar-refractivity contribution in [2.45, 2.75) is 12.8 Å². The Morgan fingerprint density at radius 1 is 1.08 bits per heavy atom. The first-order chi connectivity index (χ1) is 18.8. The topological polar surface area (TPSA) is 103 Å². The van der Waals surface area contributed by atoms with E-state index in [0.717, 1.165) is 11.8 Å². The van der Waals surface area contributed by atoms with E-state index >= 15 is 0 Å². The largest absolute Gasteiger partial charge is 0.495 e. The number of methoxy groups -OCH3 is 1. The van der Waals surface area contributed by atoms with Crippen LogP contribution in [0.5, 0.6) is 5.75 Å². The van der Waals surface area contributed by atoms with Crippen LogP contribution in [0.25, 0.3) is 0 Å². The normalized spacial score (nSPS) is 14.8. The van der Waals surface area contributed by atoms with Gasteiger partial charge in [-0.15, -0.1) is 0 Å². The van der Waals surface area contributed by atoms with Gasteiger partial charge in [-0.1, -0.05) is 53.7 Å². The van der Waals surface area contributed by atoms with Gasteiger partial charge in [-0.3, -0.25) is 9.59 Å². The molecule has 0 unspecified atom stereocenters. The lowest BCUT2D eigenvalue weighted by Gasteiger charge is -2.30. The number of carbonyl (C=O) groups excluding carboxylic acids is 2. The van der Waals surface area contributed by atoms with E-state index in [4.69, 9.17) is 16.3 Å². The second-order valence-electron chi connectivity index (χ2n) is 8.47. The van der Waals surface area contributed by atoms with E-state index in [0.29, 0.717) is 44.0 Å². The number of nitriles is 1. The second kappa shape index (κ2) is 12.5. The highest BCUT2D eigenvalue weighted by Crippen LogP contribution is 2.43. The third kappa shape index (κ3) is 6.42. The smallest absolute Gasteiger partial charge is 0.254 e. The number of ether oxygens (including phenoxy) is 1. The van der Waals surface area contributed by atoms with Gasteiger partial charge in [0.25, 0.3) is 5.91 Å². The van der Waals surface area contributed by atoms with Crippen LogP contribution in [0.3, 0.4) is 0 Å². The van der Waals surface area contributed by atoms with E-state index < -0.39 is 17.6 Å². The number of allylic oxidation sites excluding steroid dienone is 2. The summed E-state index contributed by atoms with van der Waals surface area (Å²) in [4.78, 5) is 26.3. The summed E-state index contributed by atoms with van der Waals surface area (Å²) >= 11 is 7.68. The lowest BCUT2D eigenvalue weighted by molar-refractivity contribution is -0.114. The van der Waals surface area contributed by atoms with Gasteiger partial charge in [0, 0.05) is 22.0 Å². The Labute approximate surface area is 234 Å². The van der Waals surface area contributed by atoms with Crippen LogP contribution < -0.4 is 20.7 Å². The van der Waals surface area contributed by atoms with Crippen molar-refractivity contribution in [3.63, 3.8) is 0 Å². The fourth-order valence-electron chi connectivity index (χ4n) is 4.15. The highest BCUT2D eigenvalue weighted by Gasteiger charge is 2.36. The van der Waals surface area contributed by atoms with Crippen LogP contribution in [-0.2, 0) is 9.59 Å². The van der Waals surface area contributed by atoms with Crippen molar-refractivity contribution in [1.29, 1.82) is 5.26 Å². The molecule has 1 aliphatic rings. The summed E-state index contributed by atoms with van der Waals surface area (Å²) < 4.78 is 18.5. The van der Waals surface area contributed by atoms with Crippen molar-refractivity contribution in [3.8, 4) is 11.8 Å². The molecule has 1 heterocycles. The van der Waals surface area contributed by atoms with Crippen molar-refractivity contribution in [2.75, 3.05) is 23.5 Å². The minimum absolute atomic E-state index is 0.0316. The predicted octanol–water partition coefficient (Wildman–Crippen LogP) is 6.19. The molecule has 0 saturated heterocycles. The van der Waals surface area contributed by atoms with Crippen LogP contribution >= 0.6 is 23.4 Å². The Morgan fingerprint density at radius 3 is 2.46 bits per heavy atom. The number of hydrogen-bond acceptors (Lipinski definition) is 6. The van der Waals surface area contributed by atoms with Crippen LogP contribution in [0.1, 0.15) is 18.4 Å². The summed E-state index contributed by atoms with van der Waals surface area (Å²) in [7, 11) is 1.51. The molecular formula is C29H24ClFN4O3S. The van der Waals surface area contributed by atoms with Crippen LogP contribution in [-0.4, -0.2) is 24.7 Å². The molecule has 0 saturated carbocycles. The Bertz CT molecular complexity index is 1520. The Kier molecular flexibility index (Phi) is 8.92. The van der Waals surface area contributed by atoms with Gasteiger partial charge in [-0.2, -0.15) is 5.26 Å². The quantitative estimate of drug-likeness (QED) is 0.302. The zero-order valence-electron chi connectivity index (χ0n) is 21.0. The number of nitrogens with zero attached hydrogens (tertiary/aromatic N) is 1. The molecule has 7 nitrogen and oxygen atoms in total. The molecule has 1 atom stereocenters. The number of nitrogens with one attached hydrogen (secondary N) is 3. The number of anilines is 2. The molecular weight excluding hydrogens is 539 g/mol. The van der Waals surface area contributed by atoms with Crippen molar-refractivity contribution >= 4 is 46.6 Å². The monoisotopic (exact) mass is 562 g/mol. The van der Waals surface area contributed by atoms with E-state index in [1.807, 2.05) is 0 Å². The Morgan fingerprint density at radius 2 is 1.77 bits per heavy atom. The summed E-state index contributed by atoms with van der Waals surface area (Å²) in [6.07, 6.45) is 0. The van der Waals surface area contributed by atoms with Crippen molar-refractivity contribution in [1.82, 2.24) is 5.32 Å². The van der Waals surface area contributed by atoms with Gasteiger partial charge in [-0.25, -0.2) is 4.39 Å². The number of dihydropyridines is 1. The first-order valence-electron chi connectivity index (χ1n) is 11.8. The summed E-state index contributed by atoms with van der Waals surface area (Å²) in [6, 6.07) is 21.7. The van der Waals surface area contributed by atoms with Crippen LogP contribution in [0, 0.1) is 17.1 Å². The molecule has 3 aromatic rings. The van der Waals surface area contributed by atoms with E-state index in [2.05, 4.69) is 22.0 Å². The first-order valence-corrected chi connectivity index (χ1v) is 13.2. The minimum Gasteiger partial charge on any atom is -0.495 e. The lowest BCUT2D eigenvalue weighted by atomic mass is 9.82. The number of hydrogen-bond donors (Lipinski definition) is 3. The highest BCUT2D eigenvalue weighted by molar-refractivity contribution is 8.03. The molecule has 4 rings (SSSR count). The summed E-state index contributed by atoms with van der Waals surface area (Å²) in [5, 5.41) is 19.8. The number of benzene rings is 3. The lowest BCUT2D eigenvalue weighted by Crippen LogP contribution is -2.31. The first kappa shape index (κ1) is 27.8. The Balaban J connectivity index is 1.65. The molecule has 0 aromatic heterocycles. The predicted molar refractivity (Wildman–Crippen MR) is 152 cm³/mol. The molecule has 3 aromatic carbocycles. The number of halogens is 2. The summed E-state index contributed by atoms with van der Waals surface area (Å²) in [5.41, 5.74) is 2.57. The number of rotatable bonds is 8. The van der Waals surface area contributed by atoms with Gasteiger partial charge in [0.2, 0.25) is 5.91 Å². The standard InChI is InChI=1S/C29H24ClFN4O3S/c1-17-26(28(37)35-23-9-5-6-10-24(23)38-2)27(20-7-3-4-8-22(20)30)21(15-32)29(33-17)39-16-25(36)34-19-13-11-18(31)12-14-19/h3-14,27,33H,16H2,1-2H3,(H,34,36)(H,35,37)/t27-/m1/s1. The number of thioether (sulfide) groups is 1. The van der Waals surface area contributed by atoms with Crippen LogP contribution in [0.4, 0.5) is 15.8 Å². The van der Waals surface area contributed by atoms with Gasteiger partial charge >= 0.3 is 0 Å².